The summed E-state index contributed by atoms with van der Waals surface area (Å²) < 4.78 is 13.3. The fourth-order valence-corrected chi connectivity index (χ4v) is 1.31. The Morgan fingerprint density at radius 1 is 1.53 bits per heavy atom. The SMILES string of the molecule is CC#CCCC(=O)c1ccc(Cl)cc1F. The summed E-state index contributed by atoms with van der Waals surface area (Å²) in [6, 6.07) is 4.04. The monoisotopic (exact) mass is 224 g/mol. The number of ketones is 1. The molecule has 0 saturated carbocycles. The van der Waals surface area contributed by atoms with Crippen LogP contribution in [0.5, 0.6) is 0 Å². The van der Waals surface area contributed by atoms with Gasteiger partial charge in [-0.05, 0) is 25.1 Å². The van der Waals surface area contributed by atoms with E-state index in [1.54, 1.807) is 6.92 Å². The minimum Gasteiger partial charge on any atom is -0.294 e. The third-order valence-electron chi connectivity index (χ3n) is 1.89. The van der Waals surface area contributed by atoms with Crippen molar-refractivity contribution in [3.63, 3.8) is 0 Å². The molecule has 15 heavy (non-hydrogen) atoms. The van der Waals surface area contributed by atoms with E-state index in [0.717, 1.165) is 6.07 Å². The van der Waals surface area contributed by atoms with E-state index in [4.69, 9.17) is 11.6 Å². The summed E-state index contributed by atoms with van der Waals surface area (Å²) >= 11 is 5.57. The van der Waals surface area contributed by atoms with Gasteiger partial charge in [0.15, 0.2) is 5.78 Å². The molecular formula is C12H10ClFO. The molecule has 0 bridgehead atoms. The van der Waals surface area contributed by atoms with Crippen LogP contribution < -0.4 is 0 Å². The predicted octanol–water partition coefficient (Wildman–Crippen LogP) is 3.47. The van der Waals surface area contributed by atoms with Crippen molar-refractivity contribution in [2.75, 3.05) is 0 Å². The molecule has 0 atom stereocenters. The second-order valence-electron chi connectivity index (χ2n) is 2.97. The molecule has 0 N–H and O–H groups in total. The van der Waals surface area contributed by atoms with Gasteiger partial charge in [-0.25, -0.2) is 4.39 Å². The summed E-state index contributed by atoms with van der Waals surface area (Å²) in [5.74, 6) is 4.63. The van der Waals surface area contributed by atoms with Gasteiger partial charge < -0.3 is 0 Å². The Bertz CT molecular complexity index is 429. The van der Waals surface area contributed by atoms with Gasteiger partial charge in [-0.1, -0.05) is 11.6 Å². The van der Waals surface area contributed by atoms with Crippen molar-refractivity contribution in [1.82, 2.24) is 0 Å². The van der Waals surface area contributed by atoms with Crippen LogP contribution in [0.25, 0.3) is 0 Å². The highest BCUT2D eigenvalue weighted by Crippen LogP contribution is 2.16. The number of hydrogen-bond acceptors (Lipinski definition) is 1. The maximum Gasteiger partial charge on any atom is 0.166 e. The first-order valence-electron chi connectivity index (χ1n) is 4.53. The Morgan fingerprint density at radius 2 is 2.27 bits per heavy atom. The summed E-state index contributed by atoms with van der Waals surface area (Å²) in [7, 11) is 0. The van der Waals surface area contributed by atoms with Crippen molar-refractivity contribution in [3.05, 3.63) is 34.6 Å². The number of Topliss-reactive ketones (excluding diaryl/α,β-unsaturated/α-hetero) is 1. The van der Waals surface area contributed by atoms with Gasteiger partial charge in [0.2, 0.25) is 0 Å². The maximum absolute atomic E-state index is 13.3. The molecule has 0 fully saturated rings. The first-order chi connectivity index (χ1) is 7.15. The lowest BCUT2D eigenvalue weighted by Gasteiger charge is -2.00. The summed E-state index contributed by atoms with van der Waals surface area (Å²) in [5.41, 5.74) is 0.0808. The lowest BCUT2D eigenvalue weighted by Crippen LogP contribution is -2.01. The van der Waals surface area contributed by atoms with Crippen LogP contribution in [0.1, 0.15) is 30.1 Å². The lowest BCUT2D eigenvalue weighted by atomic mass is 10.1. The molecule has 0 saturated heterocycles. The smallest absolute Gasteiger partial charge is 0.166 e. The molecule has 1 nitrogen and oxygen atoms in total. The van der Waals surface area contributed by atoms with E-state index in [2.05, 4.69) is 11.8 Å². The fraction of sp³-hybridized carbons (Fsp3) is 0.250. The van der Waals surface area contributed by atoms with Gasteiger partial charge in [-0.3, -0.25) is 4.79 Å². The number of rotatable bonds is 3. The molecule has 0 heterocycles. The van der Waals surface area contributed by atoms with E-state index in [1.165, 1.54) is 12.1 Å². The van der Waals surface area contributed by atoms with Crippen LogP contribution in [0.15, 0.2) is 18.2 Å². The molecule has 0 aliphatic heterocycles. The van der Waals surface area contributed by atoms with Gasteiger partial charge in [0.25, 0.3) is 0 Å². The van der Waals surface area contributed by atoms with Crippen molar-refractivity contribution < 1.29 is 9.18 Å². The van der Waals surface area contributed by atoms with E-state index >= 15 is 0 Å². The highest BCUT2D eigenvalue weighted by Gasteiger charge is 2.10. The van der Waals surface area contributed by atoms with Crippen molar-refractivity contribution >= 4 is 17.4 Å². The van der Waals surface area contributed by atoms with Crippen LogP contribution in [-0.4, -0.2) is 5.78 Å². The molecule has 0 aliphatic rings. The third-order valence-corrected chi connectivity index (χ3v) is 2.12. The predicted molar refractivity (Wildman–Crippen MR) is 58.4 cm³/mol. The summed E-state index contributed by atoms with van der Waals surface area (Å²) in [6.45, 7) is 1.70. The second kappa shape index (κ2) is 5.53. The van der Waals surface area contributed by atoms with E-state index in [9.17, 15) is 9.18 Å². The van der Waals surface area contributed by atoms with Gasteiger partial charge in [-0.2, -0.15) is 0 Å². The molecule has 0 aliphatic carbocycles. The van der Waals surface area contributed by atoms with Gasteiger partial charge in [0.1, 0.15) is 5.82 Å². The maximum atomic E-state index is 13.3. The summed E-state index contributed by atoms with van der Waals surface area (Å²) in [6.07, 6.45) is 0.691. The quantitative estimate of drug-likeness (QED) is 0.568. The third kappa shape index (κ3) is 3.38. The van der Waals surface area contributed by atoms with E-state index in [1.807, 2.05) is 0 Å². The molecule has 78 valence electrons. The normalized spacial score (nSPS) is 9.27. The number of carbonyl (C=O) groups is 1. The minimum atomic E-state index is -0.572. The van der Waals surface area contributed by atoms with Crippen LogP contribution in [0.3, 0.4) is 0 Å². The lowest BCUT2D eigenvalue weighted by molar-refractivity contribution is 0.0980. The van der Waals surface area contributed by atoms with Crippen LogP contribution in [0.4, 0.5) is 4.39 Å². The van der Waals surface area contributed by atoms with E-state index in [0.29, 0.717) is 6.42 Å². The molecule has 1 rings (SSSR count). The van der Waals surface area contributed by atoms with Crippen molar-refractivity contribution in [2.24, 2.45) is 0 Å². The molecular weight excluding hydrogens is 215 g/mol. The van der Waals surface area contributed by atoms with Crippen molar-refractivity contribution in [2.45, 2.75) is 19.8 Å². The number of carbonyl (C=O) groups excluding carboxylic acids is 1. The van der Waals surface area contributed by atoms with Gasteiger partial charge >= 0.3 is 0 Å². The molecule has 0 unspecified atom stereocenters. The fourth-order valence-electron chi connectivity index (χ4n) is 1.15. The Labute approximate surface area is 93.3 Å². The highest BCUT2D eigenvalue weighted by atomic mass is 35.5. The zero-order chi connectivity index (χ0) is 11.3. The first kappa shape index (κ1) is 11.7. The first-order valence-corrected chi connectivity index (χ1v) is 4.91. The van der Waals surface area contributed by atoms with E-state index in [-0.39, 0.29) is 22.8 Å². The Balaban J connectivity index is 2.76. The molecule has 1 aromatic rings. The largest absolute Gasteiger partial charge is 0.294 e. The Kier molecular flexibility index (Phi) is 4.33. The van der Waals surface area contributed by atoms with Crippen LogP contribution in [-0.2, 0) is 0 Å². The van der Waals surface area contributed by atoms with Gasteiger partial charge in [-0.15, -0.1) is 11.8 Å². The summed E-state index contributed by atoms with van der Waals surface area (Å²) in [4.78, 5) is 11.5. The molecule has 0 aromatic heterocycles. The number of benzene rings is 1. The minimum absolute atomic E-state index is 0.0808. The average molecular weight is 225 g/mol. The van der Waals surface area contributed by atoms with Crippen molar-refractivity contribution in [3.8, 4) is 11.8 Å². The molecule has 1 aromatic carbocycles. The van der Waals surface area contributed by atoms with Crippen LogP contribution in [0, 0.1) is 17.7 Å². The van der Waals surface area contributed by atoms with Gasteiger partial charge in [0, 0.05) is 17.9 Å². The number of halogens is 2. The molecule has 3 heteroatoms. The molecule has 0 amide bonds. The second-order valence-corrected chi connectivity index (χ2v) is 3.41. The summed E-state index contributed by atoms with van der Waals surface area (Å²) in [5, 5.41) is 0.289. The number of hydrogen-bond donors (Lipinski definition) is 0. The molecule has 0 spiro atoms. The average Bonchev–Trinajstić information content (AvgIpc) is 2.17. The topological polar surface area (TPSA) is 17.1 Å². The Morgan fingerprint density at radius 3 is 2.87 bits per heavy atom. The zero-order valence-electron chi connectivity index (χ0n) is 8.31. The van der Waals surface area contributed by atoms with Gasteiger partial charge in [0.05, 0.1) is 5.56 Å². The van der Waals surface area contributed by atoms with Crippen LogP contribution >= 0.6 is 11.6 Å². The highest BCUT2D eigenvalue weighted by molar-refractivity contribution is 6.30. The van der Waals surface area contributed by atoms with E-state index < -0.39 is 5.82 Å². The standard InChI is InChI=1S/C12H10ClFO/c1-2-3-4-5-12(15)10-7-6-9(13)8-11(10)14/h6-8H,4-5H2,1H3. The zero-order valence-corrected chi connectivity index (χ0v) is 9.07. The molecule has 0 radical (unpaired) electrons. The van der Waals surface area contributed by atoms with Crippen LogP contribution in [0.2, 0.25) is 5.02 Å². The Hall–Kier alpha value is -1.33. The van der Waals surface area contributed by atoms with Crippen molar-refractivity contribution in [1.29, 1.82) is 0 Å².